The average Bonchev–Trinajstić information content (AvgIpc) is 2.68. The van der Waals surface area contributed by atoms with Crippen LogP contribution in [-0.2, 0) is 10.0 Å². The number of hydrogen-bond acceptors (Lipinski definition) is 5. The Morgan fingerprint density at radius 3 is 2.79 bits per heavy atom. The first-order chi connectivity index (χ1) is 13.5. The van der Waals surface area contributed by atoms with E-state index in [1.807, 2.05) is 18.3 Å². The van der Waals surface area contributed by atoms with Crippen LogP contribution in [0.3, 0.4) is 0 Å². The van der Waals surface area contributed by atoms with Crippen LogP contribution in [0.4, 0.5) is 0 Å². The highest BCUT2D eigenvalue weighted by Gasteiger charge is 2.15. The fourth-order valence-corrected chi connectivity index (χ4v) is 4.51. The van der Waals surface area contributed by atoms with E-state index in [4.69, 9.17) is 27.9 Å². The minimum Gasteiger partial charge on any atom is -0.491 e. The Hall–Kier alpha value is -1.77. The fourth-order valence-electron chi connectivity index (χ4n) is 2.77. The lowest BCUT2D eigenvalue weighted by atomic mass is 10.2. The molecule has 28 heavy (non-hydrogen) atoms. The van der Waals surface area contributed by atoms with Gasteiger partial charge in [-0.3, -0.25) is 0 Å². The molecule has 1 heterocycles. The number of ether oxygens (including phenoxy) is 1. The molecular formula is C19H21Cl2N3O3S. The predicted octanol–water partition coefficient (Wildman–Crippen LogP) is 1.06. The summed E-state index contributed by atoms with van der Waals surface area (Å²) in [6, 6.07) is 10.3. The SMILES string of the molecule is O=S(=O)(NCCNCCOc1ccc(Cl)cc1Cl)c1cccc2c1=CCNC=2. The summed E-state index contributed by atoms with van der Waals surface area (Å²) in [5.41, 5.74) is 0. The Balaban J connectivity index is 1.44. The molecule has 0 amide bonds. The molecule has 6 nitrogen and oxygen atoms in total. The smallest absolute Gasteiger partial charge is 0.241 e. The zero-order chi connectivity index (χ0) is 20.0. The van der Waals surface area contributed by atoms with Crippen molar-refractivity contribution in [2.75, 3.05) is 32.8 Å². The quantitative estimate of drug-likeness (QED) is 0.507. The zero-order valence-electron chi connectivity index (χ0n) is 15.0. The van der Waals surface area contributed by atoms with E-state index in [9.17, 15) is 8.42 Å². The molecule has 0 aromatic heterocycles. The number of rotatable bonds is 9. The van der Waals surface area contributed by atoms with E-state index >= 15 is 0 Å². The van der Waals surface area contributed by atoms with Crippen LogP contribution in [0, 0.1) is 0 Å². The summed E-state index contributed by atoms with van der Waals surface area (Å²) < 4.78 is 33.4. The van der Waals surface area contributed by atoms with Gasteiger partial charge in [-0.15, -0.1) is 0 Å². The second-order valence-corrected chi connectivity index (χ2v) is 8.67. The van der Waals surface area contributed by atoms with Crippen molar-refractivity contribution in [2.45, 2.75) is 4.90 Å². The lowest BCUT2D eigenvalue weighted by Crippen LogP contribution is -2.40. The molecule has 1 aliphatic heterocycles. The number of halogens is 2. The van der Waals surface area contributed by atoms with Crippen molar-refractivity contribution in [2.24, 2.45) is 0 Å². The van der Waals surface area contributed by atoms with Crippen molar-refractivity contribution < 1.29 is 13.2 Å². The molecule has 3 rings (SSSR count). The first-order valence-electron chi connectivity index (χ1n) is 8.78. The van der Waals surface area contributed by atoms with Crippen LogP contribution < -0.4 is 30.5 Å². The highest BCUT2D eigenvalue weighted by atomic mass is 35.5. The summed E-state index contributed by atoms with van der Waals surface area (Å²) in [6.45, 7) is 2.31. The first kappa shape index (κ1) is 21.0. The number of nitrogens with one attached hydrogen (secondary N) is 3. The van der Waals surface area contributed by atoms with Gasteiger partial charge in [-0.25, -0.2) is 13.1 Å². The zero-order valence-corrected chi connectivity index (χ0v) is 17.4. The summed E-state index contributed by atoms with van der Waals surface area (Å²) >= 11 is 11.9. The summed E-state index contributed by atoms with van der Waals surface area (Å²) in [5.74, 6) is 0.560. The Kier molecular flexibility index (Phi) is 7.20. The van der Waals surface area contributed by atoms with Crippen molar-refractivity contribution in [3.63, 3.8) is 0 Å². The van der Waals surface area contributed by atoms with Gasteiger partial charge in [0.15, 0.2) is 0 Å². The van der Waals surface area contributed by atoms with Crippen LogP contribution in [0.2, 0.25) is 10.0 Å². The van der Waals surface area contributed by atoms with Crippen molar-refractivity contribution >= 4 is 45.5 Å². The van der Waals surface area contributed by atoms with Gasteiger partial charge in [0.1, 0.15) is 12.4 Å². The average molecular weight is 442 g/mol. The molecule has 0 saturated carbocycles. The van der Waals surface area contributed by atoms with Crippen LogP contribution in [-0.4, -0.2) is 41.2 Å². The molecule has 0 atom stereocenters. The summed E-state index contributed by atoms with van der Waals surface area (Å²) in [5, 5.41) is 8.81. The third-order valence-corrected chi connectivity index (χ3v) is 6.14. The maximum Gasteiger partial charge on any atom is 0.241 e. The highest BCUT2D eigenvalue weighted by molar-refractivity contribution is 7.89. The lowest BCUT2D eigenvalue weighted by Gasteiger charge is -2.11. The van der Waals surface area contributed by atoms with E-state index in [0.717, 1.165) is 10.4 Å². The van der Waals surface area contributed by atoms with Crippen molar-refractivity contribution in [1.29, 1.82) is 0 Å². The van der Waals surface area contributed by atoms with Gasteiger partial charge in [0.2, 0.25) is 10.0 Å². The largest absolute Gasteiger partial charge is 0.491 e. The minimum absolute atomic E-state index is 0.273. The maximum absolute atomic E-state index is 12.6. The van der Waals surface area contributed by atoms with Gasteiger partial charge in [0.05, 0.1) is 9.92 Å². The van der Waals surface area contributed by atoms with E-state index in [2.05, 4.69) is 15.4 Å². The van der Waals surface area contributed by atoms with Crippen molar-refractivity contribution in [3.8, 4) is 5.75 Å². The van der Waals surface area contributed by atoms with E-state index in [-0.39, 0.29) is 6.54 Å². The maximum atomic E-state index is 12.6. The molecule has 2 aromatic carbocycles. The summed E-state index contributed by atoms with van der Waals surface area (Å²) in [6.07, 6.45) is 3.70. The predicted molar refractivity (Wildman–Crippen MR) is 113 cm³/mol. The Bertz CT molecular complexity index is 1060. The van der Waals surface area contributed by atoms with Gasteiger partial charge < -0.3 is 15.4 Å². The van der Waals surface area contributed by atoms with Crippen LogP contribution >= 0.6 is 23.2 Å². The molecule has 0 radical (unpaired) electrons. The van der Waals surface area contributed by atoms with E-state index in [1.165, 1.54) is 0 Å². The van der Waals surface area contributed by atoms with Crippen LogP contribution in [0.25, 0.3) is 12.3 Å². The Labute approximate surface area is 174 Å². The van der Waals surface area contributed by atoms with Gasteiger partial charge in [-0.05, 0) is 29.5 Å². The third-order valence-electron chi connectivity index (χ3n) is 4.10. The lowest BCUT2D eigenvalue weighted by molar-refractivity contribution is 0.315. The molecule has 0 unspecified atom stereocenters. The monoisotopic (exact) mass is 441 g/mol. The molecule has 3 N–H and O–H groups in total. The topological polar surface area (TPSA) is 79.5 Å². The molecule has 0 aliphatic carbocycles. The van der Waals surface area contributed by atoms with Crippen LogP contribution in [0.15, 0.2) is 41.3 Å². The fraction of sp³-hybridized carbons (Fsp3) is 0.263. The van der Waals surface area contributed by atoms with Gasteiger partial charge >= 0.3 is 0 Å². The molecule has 9 heteroatoms. The molecule has 0 fully saturated rings. The van der Waals surface area contributed by atoms with Gasteiger partial charge in [-0.2, -0.15) is 0 Å². The Morgan fingerprint density at radius 2 is 1.96 bits per heavy atom. The molecule has 1 aliphatic rings. The van der Waals surface area contributed by atoms with Crippen LogP contribution in [0.1, 0.15) is 0 Å². The molecule has 0 spiro atoms. The molecule has 0 bridgehead atoms. The van der Waals surface area contributed by atoms with Gasteiger partial charge in [-0.1, -0.05) is 41.4 Å². The number of hydrogen-bond donors (Lipinski definition) is 3. The third kappa shape index (κ3) is 5.40. The number of benzene rings is 2. The van der Waals surface area contributed by atoms with E-state index in [0.29, 0.717) is 46.9 Å². The van der Waals surface area contributed by atoms with Gasteiger partial charge in [0.25, 0.3) is 0 Å². The molecule has 0 saturated heterocycles. The summed E-state index contributed by atoms with van der Waals surface area (Å²) in [4.78, 5) is 0.295. The summed E-state index contributed by atoms with van der Waals surface area (Å²) in [7, 11) is -3.58. The van der Waals surface area contributed by atoms with Crippen molar-refractivity contribution in [3.05, 3.63) is 56.9 Å². The highest BCUT2D eigenvalue weighted by Crippen LogP contribution is 2.27. The van der Waals surface area contributed by atoms with E-state index < -0.39 is 10.0 Å². The minimum atomic E-state index is -3.58. The molecule has 2 aromatic rings. The normalized spacial score (nSPS) is 13.1. The number of fused-ring (bicyclic) bond motifs is 1. The second-order valence-electron chi connectivity index (χ2n) is 6.09. The van der Waals surface area contributed by atoms with E-state index in [1.54, 1.807) is 30.3 Å². The molecular weight excluding hydrogens is 421 g/mol. The first-order valence-corrected chi connectivity index (χ1v) is 11.0. The van der Waals surface area contributed by atoms with Gasteiger partial charge in [0, 0.05) is 42.6 Å². The van der Waals surface area contributed by atoms with Crippen molar-refractivity contribution in [1.82, 2.24) is 15.4 Å². The van der Waals surface area contributed by atoms with Crippen LogP contribution in [0.5, 0.6) is 5.75 Å². The standard InChI is InChI=1S/C19H21Cl2N3O3S/c20-15-4-5-18(17(21)12-15)27-11-10-22-8-9-24-28(25,26)19-3-1-2-14-13-23-7-6-16(14)19/h1-6,12-13,22-24H,7-11H2. The second kappa shape index (κ2) is 9.62. The molecule has 150 valence electrons. The Morgan fingerprint density at radius 1 is 1.11 bits per heavy atom. The number of sulfonamides is 1.